The zero-order valence-electron chi connectivity index (χ0n) is 13.4. The summed E-state index contributed by atoms with van der Waals surface area (Å²) in [5.74, 6) is -2.51. The predicted octanol–water partition coefficient (Wildman–Crippen LogP) is -0.437. The maximum absolute atomic E-state index is 10.7. The number of ether oxygens (including phenoxy) is 1. The molecule has 5 atom stereocenters. The van der Waals surface area contributed by atoms with Crippen molar-refractivity contribution in [3.63, 3.8) is 0 Å². The van der Waals surface area contributed by atoms with Gasteiger partial charge >= 0.3 is 0 Å². The third-order valence-corrected chi connectivity index (χ3v) is 4.27. The molecule has 0 spiro atoms. The molecule has 1 aliphatic rings. The molecule has 1 saturated heterocycles. The zero-order chi connectivity index (χ0) is 17.5. The smallest absolute Gasteiger partial charge is 0.238 e. The second-order valence-corrected chi connectivity index (χ2v) is 6.05. The van der Waals surface area contributed by atoms with E-state index in [0.717, 1.165) is 32.1 Å². The van der Waals surface area contributed by atoms with Gasteiger partial charge in [0.2, 0.25) is 17.6 Å². The Labute approximate surface area is 135 Å². The van der Waals surface area contributed by atoms with Crippen LogP contribution >= 0.6 is 0 Å². The zero-order valence-corrected chi connectivity index (χ0v) is 13.4. The molecule has 0 aromatic heterocycles. The summed E-state index contributed by atoms with van der Waals surface area (Å²) in [4.78, 5) is 14.2. The molecule has 8 nitrogen and oxygen atoms in total. The van der Waals surface area contributed by atoms with Crippen molar-refractivity contribution < 1.29 is 35.1 Å². The van der Waals surface area contributed by atoms with E-state index < -0.39 is 36.4 Å². The molecule has 0 saturated carbocycles. The van der Waals surface area contributed by atoms with Gasteiger partial charge in [-0.05, 0) is 6.42 Å². The maximum Gasteiger partial charge on any atom is 0.238 e. The number of aliphatic hydroxyl groups is 5. The first kappa shape index (κ1) is 20.2. The minimum absolute atomic E-state index is 0.0433. The Morgan fingerprint density at radius 3 is 2.26 bits per heavy atom. The number of unbranched alkanes of at least 4 members (excludes halogenated alkanes) is 5. The molecule has 134 valence electrons. The summed E-state index contributed by atoms with van der Waals surface area (Å²) in [5, 5.41) is 49.1. The molecule has 0 radical (unpaired) electrons. The van der Waals surface area contributed by atoms with Gasteiger partial charge in [0.25, 0.3) is 0 Å². The van der Waals surface area contributed by atoms with E-state index in [9.17, 15) is 30.3 Å². The van der Waals surface area contributed by atoms with E-state index in [1.165, 1.54) is 6.08 Å². The van der Waals surface area contributed by atoms with Gasteiger partial charge < -0.3 is 30.3 Å². The van der Waals surface area contributed by atoms with E-state index >= 15 is 0 Å². The molecule has 0 aromatic carbocycles. The van der Waals surface area contributed by atoms with E-state index in [1.807, 2.05) is 0 Å². The summed E-state index contributed by atoms with van der Waals surface area (Å²) >= 11 is 0. The molecule has 8 heteroatoms. The average molecular weight is 333 g/mol. The van der Waals surface area contributed by atoms with Crippen LogP contribution in [0.1, 0.15) is 51.9 Å². The molecule has 0 bridgehead atoms. The van der Waals surface area contributed by atoms with Crippen LogP contribution in [0.5, 0.6) is 0 Å². The summed E-state index contributed by atoms with van der Waals surface area (Å²) in [7, 11) is 0. The highest BCUT2D eigenvalue weighted by molar-refractivity contribution is 5.35. The third kappa shape index (κ3) is 4.58. The Hall–Kier alpha value is -0.860. The normalized spacial score (nSPS) is 37.4. The number of aliphatic hydroxyl groups excluding tert-OH is 4. The van der Waals surface area contributed by atoms with E-state index in [1.54, 1.807) is 0 Å². The minimum Gasteiger partial charge on any atom is -0.391 e. The van der Waals surface area contributed by atoms with Crippen LogP contribution in [-0.4, -0.2) is 68.0 Å². The molecule has 23 heavy (non-hydrogen) atoms. The van der Waals surface area contributed by atoms with Crippen LogP contribution in [0.25, 0.3) is 0 Å². The van der Waals surface area contributed by atoms with Gasteiger partial charge in [-0.25, -0.2) is 4.79 Å². The highest BCUT2D eigenvalue weighted by Gasteiger charge is 2.60. The molecule has 1 rings (SSSR count). The lowest BCUT2D eigenvalue weighted by atomic mass is 9.86. The Balaban J connectivity index is 2.82. The highest BCUT2D eigenvalue weighted by atomic mass is 16.7. The van der Waals surface area contributed by atoms with Gasteiger partial charge in [-0.1, -0.05) is 39.0 Å². The minimum atomic E-state index is -2.51. The van der Waals surface area contributed by atoms with Crippen molar-refractivity contribution in [3.05, 3.63) is 0 Å². The van der Waals surface area contributed by atoms with Crippen LogP contribution in [0.15, 0.2) is 4.99 Å². The predicted molar refractivity (Wildman–Crippen MR) is 80.0 cm³/mol. The fraction of sp³-hybridized carbons (Fsp3) is 0.933. The van der Waals surface area contributed by atoms with Crippen molar-refractivity contribution in [2.24, 2.45) is 4.99 Å². The van der Waals surface area contributed by atoms with Crippen molar-refractivity contribution in [2.75, 3.05) is 6.61 Å². The van der Waals surface area contributed by atoms with Crippen molar-refractivity contribution >= 4 is 6.08 Å². The fourth-order valence-electron chi connectivity index (χ4n) is 2.84. The molecule has 5 N–H and O–H groups in total. The Morgan fingerprint density at radius 1 is 1.09 bits per heavy atom. The molecule has 0 aromatic rings. The second-order valence-electron chi connectivity index (χ2n) is 6.05. The quantitative estimate of drug-likeness (QED) is 0.219. The SMILES string of the molecule is CCCCCCCCC1(N=C=O)O[C@@](O)(CO)[C@@H](O)[C@H](O)[C@@H]1O. The lowest BCUT2D eigenvalue weighted by molar-refractivity contribution is -0.384. The fourth-order valence-corrected chi connectivity index (χ4v) is 2.84. The van der Waals surface area contributed by atoms with Crippen LogP contribution in [0.4, 0.5) is 0 Å². The topological polar surface area (TPSA) is 140 Å². The van der Waals surface area contributed by atoms with Crippen molar-refractivity contribution in [3.8, 4) is 0 Å². The van der Waals surface area contributed by atoms with Gasteiger partial charge in [0.05, 0.1) is 6.61 Å². The molecule has 1 aliphatic heterocycles. The van der Waals surface area contributed by atoms with E-state index in [2.05, 4.69) is 11.9 Å². The molecular formula is C15H27NO7. The van der Waals surface area contributed by atoms with Gasteiger partial charge in [-0.2, -0.15) is 4.99 Å². The molecule has 0 amide bonds. The summed E-state index contributed by atoms with van der Waals surface area (Å²) < 4.78 is 5.19. The van der Waals surface area contributed by atoms with Gasteiger partial charge in [-0.15, -0.1) is 0 Å². The van der Waals surface area contributed by atoms with Crippen LogP contribution in [0, 0.1) is 0 Å². The summed E-state index contributed by atoms with van der Waals surface area (Å²) in [6, 6.07) is 0. The number of isocyanates is 1. The number of hydrogen-bond acceptors (Lipinski definition) is 8. The van der Waals surface area contributed by atoms with Gasteiger partial charge in [0.1, 0.15) is 18.3 Å². The van der Waals surface area contributed by atoms with E-state index in [-0.39, 0.29) is 6.42 Å². The first-order valence-corrected chi connectivity index (χ1v) is 8.03. The Bertz CT molecular complexity index is 415. The molecular weight excluding hydrogens is 306 g/mol. The maximum atomic E-state index is 10.7. The third-order valence-electron chi connectivity index (χ3n) is 4.27. The number of rotatable bonds is 9. The van der Waals surface area contributed by atoms with Gasteiger partial charge in [-0.3, -0.25) is 0 Å². The number of aliphatic imine (C=N–C) groups is 1. The molecule has 0 aliphatic carbocycles. The Kier molecular flexibility index (Phi) is 7.76. The number of nitrogens with zero attached hydrogens (tertiary/aromatic N) is 1. The van der Waals surface area contributed by atoms with Crippen molar-refractivity contribution in [1.29, 1.82) is 0 Å². The first-order valence-electron chi connectivity index (χ1n) is 8.03. The molecule has 1 fully saturated rings. The monoisotopic (exact) mass is 333 g/mol. The van der Waals surface area contributed by atoms with Crippen LogP contribution < -0.4 is 0 Å². The van der Waals surface area contributed by atoms with Crippen molar-refractivity contribution in [2.45, 2.75) is 81.7 Å². The van der Waals surface area contributed by atoms with Gasteiger partial charge in [0, 0.05) is 6.42 Å². The summed E-state index contributed by atoms with van der Waals surface area (Å²) in [5.41, 5.74) is -1.94. The lowest BCUT2D eigenvalue weighted by Crippen LogP contribution is -2.70. The van der Waals surface area contributed by atoms with Crippen LogP contribution in [0.3, 0.4) is 0 Å². The largest absolute Gasteiger partial charge is 0.391 e. The molecule has 1 unspecified atom stereocenters. The van der Waals surface area contributed by atoms with E-state index in [4.69, 9.17) is 4.74 Å². The molecule has 1 heterocycles. The first-order chi connectivity index (χ1) is 10.9. The van der Waals surface area contributed by atoms with Gasteiger partial charge in [0.15, 0.2) is 0 Å². The van der Waals surface area contributed by atoms with Crippen molar-refractivity contribution in [1.82, 2.24) is 0 Å². The second kappa shape index (κ2) is 8.84. The van der Waals surface area contributed by atoms with Crippen LogP contribution in [-0.2, 0) is 9.53 Å². The highest BCUT2D eigenvalue weighted by Crippen LogP contribution is 2.39. The Morgan fingerprint density at radius 2 is 1.70 bits per heavy atom. The van der Waals surface area contributed by atoms with Crippen LogP contribution in [0.2, 0.25) is 0 Å². The summed E-state index contributed by atoms with van der Waals surface area (Å²) in [6.07, 6.45) is 1.41. The number of carbonyl (C=O) groups excluding carboxylic acids is 1. The standard InChI is InChI=1S/C15H27NO7/c1-2-3-4-5-6-7-8-14(16-10-18)12(20)11(19)13(21)15(22,9-17)23-14/h11-13,17,19-22H,2-9H2,1H3/t11-,12+,13+,14?,15+/m1/s1. The summed E-state index contributed by atoms with van der Waals surface area (Å²) in [6.45, 7) is 1.08. The average Bonchev–Trinajstić information content (AvgIpc) is 2.54. The lowest BCUT2D eigenvalue weighted by Gasteiger charge is -2.49. The number of hydrogen-bond donors (Lipinski definition) is 5. The van der Waals surface area contributed by atoms with E-state index in [0.29, 0.717) is 6.42 Å².